The zero-order valence-corrected chi connectivity index (χ0v) is 12.5. The van der Waals surface area contributed by atoms with Gasteiger partial charge in [0, 0.05) is 18.6 Å². The maximum absolute atomic E-state index is 12.2. The van der Waals surface area contributed by atoms with Gasteiger partial charge in [-0.25, -0.2) is 9.67 Å². The Morgan fingerprint density at radius 2 is 2.10 bits per heavy atom. The number of nitriles is 1. The highest BCUT2D eigenvalue weighted by Crippen LogP contribution is 2.14. The van der Waals surface area contributed by atoms with E-state index in [4.69, 9.17) is 16.9 Å². The molecule has 21 heavy (non-hydrogen) atoms. The Hall–Kier alpha value is -2.39. The van der Waals surface area contributed by atoms with Crippen LogP contribution in [0.1, 0.15) is 22.9 Å². The van der Waals surface area contributed by atoms with Gasteiger partial charge < -0.3 is 4.90 Å². The van der Waals surface area contributed by atoms with Crippen molar-refractivity contribution in [2.24, 2.45) is 0 Å². The van der Waals surface area contributed by atoms with Crippen LogP contribution in [0, 0.1) is 18.3 Å². The molecule has 0 spiro atoms. The minimum Gasteiger partial charge on any atom is -0.338 e. The lowest BCUT2D eigenvalue weighted by Gasteiger charge is -2.12. The van der Waals surface area contributed by atoms with E-state index in [0.29, 0.717) is 17.4 Å². The lowest BCUT2D eigenvalue weighted by Crippen LogP contribution is -2.28. The van der Waals surface area contributed by atoms with Crippen molar-refractivity contribution < 1.29 is 4.79 Å². The van der Waals surface area contributed by atoms with Gasteiger partial charge >= 0.3 is 0 Å². The average Bonchev–Trinajstić information content (AvgIpc) is 2.86. The summed E-state index contributed by atoms with van der Waals surface area (Å²) < 4.78 is 1.59. The first kappa shape index (κ1) is 15.0. The lowest BCUT2D eigenvalue weighted by molar-refractivity contribution is 0.0786. The molecule has 0 aliphatic heterocycles. The fourth-order valence-electron chi connectivity index (χ4n) is 1.80. The molecule has 0 N–H and O–H groups in total. The van der Waals surface area contributed by atoms with Crippen molar-refractivity contribution in [2.75, 3.05) is 13.6 Å². The van der Waals surface area contributed by atoms with Gasteiger partial charge in [-0.1, -0.05) is 11.6 Å². The van der Waals surface area contributed by atoms with E-state index in [-0.39, 0.29) is 18.2 Å². The highest BCUT2D eigenvalue weighted by Gasteiger charge is 2.18. The van der Waals surface area contributed by atoms with Gasteiger partial charge in [0.05, 0.1) is 18.2 Å². The van der Waals surface area contributed by atoms with Crippen LogP contribution < -0.4 is 0 Å². The summed E-state index contributed by atoms with van der Waals surface area (Å²) in [5.74, 6) is 0.415. The molecule has 0 aliphatic carbocycles. The normalized spacial score (nSPS) is 10.2. The number of rotatable bonds is 4. The Morgan fingerprint density at radius 1 is 1.43 bits per heavy atom. The summed E-state index contributed by atoms with van der Waals surface area (Å²) in [5, 5.41) is 13.4. The molecule has 6 nitrogen and oxygen atoms in total. The van der Waals surface area contributed by atoms with Crippen molar-refractivity contribution in [3.05, 3.63) is 40.9 Å². The van der Waals surface area contributed by atoms with Gasteiger partial charge in [0.25, 0.3) is 5.91 Å². The highest BCUT2D eigenvalue weighted by atomic mass is 35.5. The highest BCUT2D eigenvalue weighted by molar-refractivity contribution is 6.30. The van der Waals surface area contributed by atoms with Crippen LogP contribution >= 0.6 is 11.6 Å². The first-order chi connectivity index (χ1) is 10.0. The molecule has 0 saturated carbocycles. The Morgan fingerprint density at radius 3 is 2.71 bits per heavy atom. The molecule has 7 heteroatoms. The van der Waals surface area contributed by atoms with Crippen LogP contribution in [0.5, 0.6) is 0 Å². The fourth-order valence-corrected chi connectivity index (χ4v) is 1.92. The third-order valence-electron chi connectivity index (χ3n) is 2.94. The molecule has 2 rings (SSSR count). The number of carbonyl (C=O) groups is 1. The SMILES string of the molecule is Cc1nc(C(=O)N(C)CCC#N)nn1-c1ccc(Cl)cc1. The Bertz CT molecular complexity index is 686. The Balaban J connectivity index is 2.25. The molecule has 108 valence electrons. The van der Waals surface area contributed by atoms with Gasteiger partial charge in [0.15, 0.2) is 0 Å². The molecule has 1 heterocycles. The van der Waals surface area contributed by atoms with Crippen LogP contribution in [0.2, 0.25) is 5.02 Å². The smallest absolute Gasteiger partial charge is 0.293 e. The number of carbonyl (C=O) groups excluding carboxylic acids is 1. The summed E-state index contributed by atoms with van der Waals surface area (Å²) in [5.41, 5.74) is 0.781. The molecule has 2 aromatic rings. The molecule has 1 aromatic carbocycles. The van der Waals surface area contributed by atoms with E-state index >= 15 is 0 Å². The van der Waals surface area contributed by atoms with Gasteiger partial charge in [0.2, 0.25) is 5.82 Å². The molecule has 0 aliphatic rings. The molecule has 1 amide bonds. The van der Waals surface area contributed by atoms with E-state index < -0.39 is 0 Å². The molecule has 0 unspecified atom stereocenters. The second-order valence-electron chi connectivity index (χ2n) is 4.51. The number of nitrogens with zero attached hydrogens (tertiary/aromatic N) is 5. The summed E-state index contributed by atoms with van der Waals surface area (Å²) in [6, 6.07) is 9.10. The van der Waals surface area contributed by atoms with Gasteiger partial charge in [0.1, 0.15) is 5.82 Å². The molecule has 1 aromatic heterocycles. The standard InChI is InChI=1S/C14H14ClN5O/c1-10-17-13(14(21)19(2)9-3-8-16)18-20(10)12-6-4-11(15)5-7-12/h4-7H,3,9H2,1-2H3. The van der Waals surface area contributed by atoms with Gasteiger partial charge in [-0.15, -0.1) is 5.10 Å². The number of benzene rings is 1. The van der Waals surface area contributed by atoms with E-state index in [0.717, 1.165) is 5.69 Å². The third kappa shape index (κ3) is 3.38. The first-order valence-electron chi connectivity index (χ1n) is 6.35. The van der Waals surface area contributed by atoms with E-state index in [1.54, 1.807) is 42.9 Å². The minimum atomic E-state index is -0.305. The first-order valence-corrected chi connectivity index (χ1v) is 6.72. The van der Waals surface area contributed by atoms with Crippen LogP contribution in [-0.4, -0.2) is 39.2 Å². The molecular formula is C14H14ClN5O. The molecule has 0 fully saturated rings. The zero-order chi connectivity index (χ0) is 15.4. The Labute approximate surface area is 127 Å². The summed E-state index contributed by atoms with van der Waals surface area (Å²) in [4.78, 5) is 17.8. The van der Waals surface area contributed by atoms with E-state index in [9.17, 15) is 4.79 Å². The predicted octanol–water partition coefficient (Wildman–Crippen LogP) is 2.21. The van der Waals surface area contributed by atoms with Gasteiger partial charge in [-0.3, -0.25) is 4.79 Å². The maximum Gasteiger partial charge on any atom is 0.293 e. The number of aryl methyl sites for hydroxylation is 1. The molecule has 0 saturated heterocycles. The molecule has 0 atom stereocenters. The molecule has 0 bridgehead atoms. The fraction of sp³-hybridized carbons (Fsp3) is 0.286. The number of hydrogen-bond acceptors (Lipinski definition) is 4. The number of halogens is 1. The van der Waals surface area contributed by atoms with Crippen molar-refractivity contribution in [3.63, 3.8) is 0 Å². The van der Waals surface area contributed by atoms with E-state index in [1.807, 2.05) is 6.07 Å². The van der Waals surface area contributed by atoms with Crippen molar-refractivity contribution in [2.45, 2.75) is 13.3 Å². The van der Waals surface area contributed by atoms with Crippen molar-refractivity contribution in [3.8, 4) is 11.8 Å². The number of amides is 1. The summed E-state index contributed by atoms with van der Waals surface area (Å²) in [6.07, 6.45) is 0.277. The Kier molecular flexibility index (Phi) is 4.55. The van der Waals surface area contributed by atoms with E-state index in [2.05, 4.69) is 10.1 Å². The van der Waals surface area contributed by atoms with Gasteiger partial charge in [-0.05, 0) is 31.2 Å². The van der Waals surface area contributed by atoms with Crippen LogP contribution in [0.25, 0.3) is 5.69 Å². The predicted molar refractivity (Wildman–Crippen MR) is 78.3 cm³/mol. The maximum atomic E-state index is 12.2. The third-order valence-corrected chi connectivity index (χ3v) is 3.19. The van der Waals surface area contributed by atoms with Crippen LogP contribution in [0.4, 0.5) is 0 Å². The van der Waals surface area contributed by atoms with Crippen LogP contribution in [0.3, 0.4) is 0 Å². The number of aromatic nitrogens is 3. The summed E-state index contributed by atoms with van der Waals surface area (Å²) in [7, 11) is 1.62. The second kappa shape index (κ2) is 6.37. The zero-order valence-electron chi connectivity index (χ0n) is 11.7. The lowest BCUT2D eigenvalue weighted by atomic mass is 10.3. The van der Waals surface area contributed by atoms with Gasteiger partial charge in [-0.2, -0.15) is 5.26 Å². The van der Waals surface area contributed by atoms with E-state index in [1.165, 1.54) is 4.90 Å². The van der Waals surface area contributed by atoms with Crippen molar-refractivity contribution >= 4 is 17.5 Å². The van der Waals surface area contributed by atoms with Crippen LogP contribution in [0.15, 0.2) is 24.3 Å². The molecule has 0 radical (unpaired) electrons. The number of hydrogen-bond donors (Lipinski definition) is 0. The summed E-state index contributed by atoms with van der Waals surface area (Å²) in [6.45, 7) is 2.12. The molecular weight excluding hydrogens is 290 g/mol. The van der Waals surface area contributed by atoms with Crippen molar-refractivity contribution in [1.29, 1.82) is 5.26 Å². The average molecular weight is 304 g/mol. The topological polar surface area (TPSA) is 74.8 Å². The second-order valence-corrected chi connectivity index (χ2v) is 4.94. The quantitative estimate of drug-likeness (QED) is 0.868. The van der Waals surface area contributed by atoms with Crippen LogP contribution in [-0.2, 0) is 0 Å². The monoisotopic (exact) mass is 303 g/mol. The summed E-state index contributed by atoms with van der Waals surface area (Å²) >= 11 is 5.85. The minimum absolute atomic E-state index is 0.114. The largest absolute Gasteiger partial charge is 0.338 e. The van der Waals surface area contributed by atoms with Crippen molar-refractivity contribution in [1.82, 2.24) is 19.7 Å².